The third-order valence-corrected chi connectivity index (χ3v) is 28.6. The number of rotatable bonds is 8. The van der Waals surface area contributed by atoms with E-state index >= 15 is 0 Å². The van der Waals surface area contributed by atoms with Gasteiger partial charge in [-0.2, -0.15) is 0 Å². The molecule has 0 spiro atoms. The summed E-state index contributed by atoms with van der Waals surface area (Å²) in [6.07, 6.45) is 6.64. The van der Waals surface area contributed by atoms with Gasteiger partial charge < -0.3 is 28.4 Å². The summed E-state index contributed by atoms with van der Waals surface area (Å²) in [6, 6.07) is 66.9. The van der Waals surface area contributed by atoms with Gasteiger partial charge in [0.05, 0.1) is 28.4 Å². The highest BCUT2D eigenvalue weighted by atomic mass is 127. The molecule has 0 saturated heterocycles. The lowest BCUT2D eigenvalue weighted by atomic mass is 9.35. The molecule has 11 heteroatoms. The highest BCUT2D eigenvalue weighted by Crippen LogP contribution is 2.57. The molecule has 127 heavy (non-hydrogen) atoms. The van der Waals surface area contributed by atoms with Gasteiger partial charge in [-0.05, 0) is 315 Å². The summed E-state index contributed by atoms with van der Waals surface area (Å²) in [7, 11) is 0. The third-order valence-electron chi connectivity index (χ3n) is 28.6. The van der Waals surface area contributed by atoms with E-state index in [0.717, 1.165) is 82.3 Å². The van der Waals surface area contributed by atoms with Gasteiger partial charge in [0.1, 0.15) is 17.4 Å². The molecule has 12 aromatic rings. The fourth-order valence-electron chi connectivity index (χ4n) is 20.1. The molecule has 2 aliphatic heterocycles. The van der Waals surface area contributed by atoms with Gasteiger partial charge >= 0.3 is 0.282 Å². The lowest BCUT2D eigenvalue weighted by Gasteiger charge is -2.44. The van der Waals surface area contributed by atoms with Crippen LogP contribution in [0.25, 0.3) is 21.9 Å². The van der Waals surface area contributed by atoms with Gasteiger partial charge in [0.15, 0.2) is 0 Å². The van der Waals surface area contributed by atoms with E-state index in [4.69, 9.17) is 8.83 Å². The molecule has 0 radical (unpaired) electrons. The van der Waals surface area contributed by atoms with Crippen molar-refractivity contribution in [2.24, 2.45) is 0 Å². The van der Waals surface area contributed by atoms with Gasteiger partial charge in [0.25, 0.3) is 6.71 Å². The maximum absolute atomic E-state index is 7.56. The minimum Gasteiger partial charge on any atom is -0.468 e. The predicted molar refractivity (Wildman–Crippen MR) is 583 cm³/mol. The molecule has 2 aliphatic carbocycles. The van der Waals surface area contributed by atoms with E-state index in [-0.39, 0.29) is 71.7 Å². The van der Waals surface area contributed by atoms with Crippen LogP contribution < -0.4 is 36.2 Å². The normalized spacial score (nSPS) is 15.9. The Hall–Kier alpha value is -7.20. The Morgan fingerprint density at radius 1 is 0.331 bits per heavy atom. The fourth-order valence-corrected chi connectivity index (χ4v) is 20.1. The smallest absolute Gasteiger partial charge is 0.355 e. The number of furan rings is 2. The van der Waals surface area contributed by atoms with Gasteiger partial charge in [0, 0.05) is 56.3 Å². The average molecular weight is 2030 g/mol. The molecule has 6 nitrogen and oxygen atoms in total. The number of halogens is 3. The van der Waals surface area contributed by atoms with E-state index in [9.17, 15) is 0 Å². The minimum absolute atomic E-state index is 0.0315. The molecular weight excluding hydrogens is 1880 g/mol. The van der Waals surface area contributed by atoms with Gasteiger partial charge in [-0.1, -0.05) is 294 Å². The molecule has 2 aromatic heterocycles. The van der Waals surface area contributed by atoms with Crippen molar-refractivity contribution in [2.75, 3.05) is 19.6 Å². The zero-order valence-corrected chi connectivity index (χ0v) is 90.4. The molecule has 16 rings (SSSR count). The molecule has 0 fully saturated rings. The average Bonchev–Trinajstić information content (AvgIpc) is 1.62. The van der Waals surface area contributed by atoms with Crippen molar-refractivity contribution >= 4 is 181 Å². The molecule has 0 bridgehead atoms. The number of benzene rings is 10. The first-order valence-electron chi connectivity index (χ1n) is 46.7. The molecule has 668 valence electrons. The van der Waals surface area contributed by atoms with Crippen LogP contribution in [0.3, 0.4) is 0 Å². The lowest BCUT2D eigenvalue weighted by molar-refractivity contribution is 0.332. The van der Waals surface area contributed by atoms with Crippen LogP contribution >= 0.6 is 67.1 Å². The van der Waals surface area contributed by atoms with E-state index in [1.54, 1.807) is 0 Å². The van der Waals surface area contributed by atoms with Crippen LogP contribution in [-0.2, 0) is 65.0 Å². The van der Waals surface area contributed by atoms with E-state index in [0.29, 0.717) is 0 Å². The van der Waals surface area contributed by atoms with Crippen molar-refractivity contribution in [3.63, 3.8) is 0 Å². The van der Waals surface area contributed by atoms with Crippen LogP contribution in [0.2, 0.25) is 0 Å². The van der Waals surface area contributed by atoms with Crippen molar-refractivity contribution in [2.45, 2.75) is 340 Å². The number of anilines is 12. The van der Waals surface area contributed by atoms with Crippen molar-refractivity contribution in [3.05, 3.63) is 265 Å². The maximum Gasteiger partial charge on any atom is 0.355 e. The van der Waals surface area contributed by atoms with E-state index in [2.05, 4.69) is 506 Å². The molecule has 0 N–H and O–H groups in total. The van der Waals surface area contributed by atoms with Crippen molar-refractivity contribution in [1.82, 2.24) is 0 Å². The SMILES string of the molecule is Cc1cc(C(C)(C)C)cc(C)c1N(c1ccc(C(C)(C)C)cc1)c1cc(N(c2ccc(C(C)(C)C)cc2)c2coc3cc4c(cc23)C(C)(C)CCC4(C)C)cc(C(C)(C)C)c1.Cc1cc(C(C)(C)C)cc(C)c1N1c2ccc(C(C)(C)C)cc2B2c3oc4cc5c(cc4c3N(c3ccc(C(C)(C)C)cc3)c3cc(C(C)(C)C)cc1c32)C(C)(C)CCC5(C)C.IB(I)I. The summed E-state index contributed by atoms with van der Waals surface area (Å²) in [6.45, 7) is 84.1. The van der Waals surface area contributed by atoms with E-state index in [1.165, 1.54) is 139 Å². The highest BCUT2D eigenvalue weighted by Gasteiger charge is 2.50. The Balaban J connectivity index is 0.000000198. The van der Waals surface area contributed by atoms with Crippen molar-refractivity contribution in [3.8, 4) is 0 Å². The molecular formula is C116H145B2I3N4O2. The van der Waals surface area contributed by atoms with Crippen LogP contribution in [0.1, 0.15) is 336 Å². The zero-order valence-electron chi connectivity index (χ0n) is 84.0. The Bertz CT molecular complexity index is 6160. The molecule has 10 aromatic carbocycles. The maximum atomic E-state index is 7.56. The van der Waals surface area contributed by atoms with E-state index < -0.39 is 0 Å². The third kappa shape index (κ3) is 18.6. The number of aryl methyl sites for hydroxylation is 4. The van der Waals surface area contributed by atoms with Gasteiger partial charge in [0.2, 0.25) is 0 Å². The van der Waals surface area contributed by atoms with Crippen LogP contribution in [0.5, 0.6) is 0 Å². The van der Waals surface area contributed by atoms with Crippen molar-refractivity contribution in [1.29, 1.82) is 0 Å². The van der Waals surface area contributed by atoms with Gasteiger partial charge in [-0.3, -0.25) is 0 Å². The summed E-state index contributed by atoms with van der Waals surface area (Å²) < 4.78 is 15.0. The summed E-state index contributed by atoms with van der Waals surface area (Å²) in [4.78, 5) is 10.2. The Labute approximate surface area is 807 Å². The largest absolute Gasteiger partial charge is 0.468 e. The van der Waals surface area contributed by atoms with Crippen LogP contribution in [0.15, 0.2) is 185 Å². The molecule has 4 heterocycles. The molecule has 0 unspecified atom stereocenters. The zero-order chi connectivity index (χ0) is 93.4. The van der Waals surface area contributed by atoms with Crippen LogP contribution in [0, 0.1) is 27.7 Å². The second-order valence-corrected chi connectivity index (χ2v) is 59.7. The van der Waals surface area contributed by atoms with E-state index in [1.807, 2.05) is 6.26 Å². The summed E-state index contributed by atoms with van der Waals surface area (Å²) in [5, 5.41) is 2.35. The quantitative estimate of drug-likeness (QED) is 0.112. The van der Waals surface area contributed by atoms with Gasteiger partial charge in [-0.25, -0.2) is 0 Å². The molecule has 0 saturated carbocycles. The highest BCUT2D eigenvalue weighted by molar-refractivity contribution is 14.4. The fraction of sp³-hybridized carbons (Fsp3) is 0.448. The topological polar surface area (TPSA) is 39.2 Å². The first kappa shape index (κ1) is 95.9. The molecule has 4 aliphatic rings. The number of fused-ring (bicyclic) bond motifs is 9. The number of hydrogen-bond donors (Lipinski definition) is 0. The standard InChI is InChI=1S/C58H71BN2O.C58H74N2O.BI3/c1-34-27-38(55(9,10)11)28-35(2)50(34)61-45-24-21-37(54(6,7)8)29-44(45)59-49-46(30-39(31-47(49)61)56(12,13)14)60(40-22-19-36(20-23-40)53(3,4)5)51-41-32-42-43(33-48(41)62-52(51)59)58(17,18)26-25-57(42,15)16;1-37-29-41(55(9,10)11)30-38(2)52(37)60(44-25-21-40(22-26-44)54(6,7)8)46-32-42(56(12,13)14)31-45(33-46)59(43-23-19-39(20-24-43)53(3,4)5)50-36-61-51-35-49-48(34-47(50)51)57(15,16)27-28-58(49,17)18;2-1(3)4/h19-24,27-33H,25-26H2,1-18H3;19-26,29-36H,27-28H2,1-18H3;. The van der Waals surface area contributed by atoms with Crippen molar-refractivity contribution < 1.29 is 8.83 Å². The summed E-state index contributed by atoms with van der Waals surface area (Å²) in [5.74, 6) is 0. The Morgan fingerprint density at radius 2 is 0.677 bits per heavy atom. The predicted octanol–water partition coefficient (Wildman–Crippen LogP) is 34.5. The monoisotopic (exact) mass is 2030 g/mol. The van der Waals surface area contributed by atoms with Crippen LogP contribution in [-0.4, -0.2) is 6.99 Å². The molecule has 0 atom stereocenters. The number of nitrogens with zero attached hydrogens (tertiary/aromatic N) is 4. The molecule has 0 amide bonds. The summed E-state index contributed by atoms with van der Waals surface area (Å²) in [5.41, 5.74) is 41.3. The second-order valence-electron chi connectivity index (χ2n) is 48.8. The first-order valence-corrected chi connectivity index (χ1v) is 50.4. The lowest BCUT2D eigenvalue weighted by Crippen LogP contribution is -2.61. The van der Waals surface area contributed by atoms with Gasteiger partial charge in [-0.15, -0.1) is 67.1 Å². The number of hydrogen-bond acceptors (Lipinski definition) is 6. The Kier molecular flexibility index (Phi) is 25.1. The second kappa shape index (κ2) is 33.2. The summed E-state index contributed by atoms with van der Waals surface area (Å²) >= 11 is 6.95. The Morgan fingerprint density at radius 3 is 1.10 bits per heavy atom. The minimum atomic E-state index is -0.137. The first-order chi connectivity index (χ1) is 58.4. The van der Waals surface area contributed by atoms with Crippen LogP contribution in [0.4, 0.5) is 68.2 Å².